The van der Waals surface area contributed by atoms with Crippen LogP contribution in [0, 0.1) is 35.5 Å². The fourth-order valence-electron chi connectivity index (χ4n) is 5.43. The van der Waals surface area contributed by atoms with Gasteiger partial charge in [-0.25, -0.2) is 0 Å². The second kappa shape index (κ2) is 3.48. The van der Waals surface area contributed by atoms with Crippen molar-refractivity contribution >= 4 is 0 Å². The summed E-state index contributed by atoms with van der Waals surface area (Å²) in [5.74, 6) is 4.21. The minimum Gasteiger partial charge on any atom is -0.389 e. The molecule has 0 aromatic carbocycles. The number of hydrogen-bond donors (Lipinski definition) is 1. The van der Waals surface area contributed by atoms with Crippen molar-refractivity contribution in [2.75, 3.05) is 0 Å². The third-order valence-corrected chi connectivity index (χ3v) is 6.26. The van der Waals surface area contributed by atoms with Crippen LogP contribution >= 0.6 is 0 Å². The molecule has 3 rings (SSSR count). The van der Waals surface area contributed by atoms with Crippen molar-refractivity contribution in [3.05, 3.63) is 0 Å². The summed E-state index contributed by atoms with van der Waals surface area (Å²) in [5, 5.41) is 11.2. The minimum atomic E-state index is -0.282. The molecule has 0 heterocycles. The smallest absolute Gasteiger partial charge is 0.0734 e. The summed E-state index contributed by atoms with van der Waals surface area (Å²) in [5.41, 5.74) is -0.282. The summed E-state index contributed by atoms with van der Waals surface area (Å²) in [6, 6.07) is 0. The van der Waals surface area contributed by atoms with E-state index in [9.17, 15) is 5.11 Å². The molecule has 0 aromatic rings. The molecule has 16 heavy (non-hydrogen) atoms. The Morgan fingerprint density at radius 3 is 2.50 bits per heavy atom. The molecule has 0 unspecified atom stereocenters. The molecule has 1 N–H and O–H groups in total. The fourth-order valence-corrected chi connectivity index (χ4v) is 5.43. The molecule has 3 fully saturated rings. The van der Waals surface area contributed by atoms with Crippen molar-refractivity contribution in [1.82, 2.24) is 0 Å². The third kappa shape index (κ3) is 1.21. The van der Waals surface area contributed by atoms with Crippen LogP contribution in [0.25, 0.3) is 0 Å². The van der Waals surface area contributed by atoms with Crippen LogP contribution in [0.4, 0.5) is 0 Å². The van der Waals surface area contributed by atoms with E-state index in [0.717, 1.165) is 17.8 Å². The SMILES string of the molecule is CC(C)[C@@H]1CC[C@@H]2C[C@H]1[C@@]1(O)[C@@H]2CC[C@@H]1C. The molecule has 0 aromatic heterocycles. The number of fused-ring (bicyclic) bond motifs is 5. The molecule has 2 bridgehead atoms. The van der Waals surface area contributed by atoms with Crippen LogP contribution in [0.3, 0.4) is 0 Å². The Labute approximate surface area is 99.6 Å². The Bertz CT molecular complexity index is 285. The second-order valence-corrected chi connectivity index (χ2v) is 7.06. The maximum Gasteiger partial charge on any atom is 0.0734 e. The molecule has 0 spiro atoms. The first-order chi connectivity index (χ1) is 7.55. The lowest BCUT2D eigenvalue weighted by Crippen LogP contribution is -2.44. The first-order valence-corrected chi connectivity index (χ1v) is 7.27. The zero-order chi connectivity index (χ0) is 11.5. The van der Waals surface area contributed by atoms with E-state index in [1.165, 1.54) is 32.1 Å². The molecule has 3 aliphatic carbocycles. The van der Waals surface area contributed by atoms with Gasteiger partial charge in [0.15, 0.2) is 0 Å². The highest BCUT2D eigenvalue weighted by Gasteiger charge is 2.62. The first-order valence-electron chi connectivity index (χ1n) is 7.27. The van der Waals surface area contributed by atoms with Gasteiger partial charge in [0.1, 0.15) is 0 Å². The van der Waals surface area contributed by atoms with Crippen LogP contribution in [-0.4, -0.2) is 10.7 Å². The molecule has 0 radical (unpaired) electrons. The van der Waals surface area contributed by atoms with Gasteiger partial charge in [0.2, 0.25) is 0 Å². The van der Waals surface area contributed by atoms with Crippen LogP contribution in [0.1, 0.15) is 52.9 Å². The second-order valence-electron chi connectivity index (χ2n) is 7.06. The standard InChI is InChI=1S/C15H26O/c1-9(2)12-6-5-11-8-14(12)15(16)10(3)4-7-13(11)15/h9-14,16H,4-8H2,1-3H3/t10-,11+,12-,13+,14+,15-/m0/s1. The number of rotatable bonds is 1. The lowest BCUT2D eigenvalue weighted by molar-refractivity contribution is -0.0743. The summed E-state index contributed by atoms with van der Waals surface area (Å²) in [6.45, 7) is 6.99. The Morgan fingerprint density at radius 1 is 1.06 bits per heavy atom. The lowest BCUT2D eigenvalue weighted by atomic mass is 9.68. The zero-order valence-electron chi connectivity index (χ0n) is 10.9. The molecule has 0 saturated heterocycles. The molecular formula is C15H26O. The molecule has 3 aliphatic rings. The van der Waals surface area contributed by atoms with E-state index in [1.807, 2.05) is 0 Å². The van der Waals surface area contributed by atoms with E-state index in [-0.39, 0.29) is 5.60 Å². The molecular weight excluding hydrogens is 196 g/mol. The molecule has 6 atom stereocenters. The van der Waals surface area contributed by atoms with Gasteiger partial charge in [-0.1, -0.05) is 20.8 Å². The largest absolute Gasteiger partial charge is 0.389 e. The van der Waals surface area contributed by atoms with E-state index in [0.29, 0.717) is 17.8 Å². The van der Waals surface area contributed by atoms with Gasteiger partial charge in [-0.3, -0.25) is 0 Å². The molecule has 1 nitrogen and oxygen atoms in total. The Hall–Kier alpha value is -0.0400. The summed E-state index contributed by atoms with van der Waals surface area (Å²) in [6.07, 6.45) is 6.65. The Morgan fingerprint density at radius 2 is 1.81 bits per heavy atom. The van der Waals surface area contributed by atoms with Crippen LogP contribution < -0.4 is 0 Å². The number of hydrogen-bond acceptors (Lipinski definition) is 1. The third-order valence-electron chi connectivity index (χ3n) is 6.26. The van der Waals surface area contributed by atoms with E-state index in [4.69, 9.17) is 0 Å². The molecule has 0 amide bonds. The average molecular weight is 222 g/mol. The Balaban J connectivity index is 1.95. The van der Waals surface area contributed by atoms with Gasteiger partial charge in [0.25, 0.3) is 0 Å². The zero-order valence-corrected chi connectivity index (χ0v) is 10.9. The van der Waals surface area contributed by atoms with Crippen LogP contribution in [0.15, 0.2) is 0 Å². The van der Waals surface area contributed by atoms with Crippen molar-refractivity contribution in [2.45, 2.75) is 58.5 Å². The summed E-state index contributed by atoms with van der Waals surface area (Å²) in [4.78, 5) is 0. The highest BCUT2D eigenvalue weighted by molar-refractivity contribution is 5.12. The van der Waals surface area contributed by atoms with Crippen molar-refractivity contribution in [3.63, 3.8) is 0 Å². The van der Waals surface area contributed by atoms with Gasteiger partial charge in [-0.2, -0.15) is 0 Å². The quantitative estimate of drug-likeness (QED) is 0.720. The minimum absolute atomic E-state index is 0.282. The first kappa shape index (κ1) is 11.1. The highest BCUT2D eigenvalue weighted by atomic mass is 16.3. The summed E-state index contributed by atoms with van der Waals surface area (Å²) >= 11 is 0. The maximum atomic E-state index is 11.2. The van der Waals surface area contributed by atoms with Crippen LogP contribution in [-0.2, 0) is 0 Å². The van der Waals surface area contributed by atoms with Gasteiger partial charge in [-0.05, 0) is 67.6 Å². The topological polar surface area (TPSA) is 20.2 Å². The van der Waals surface area contributed by atoms with Crippen molar-refractivity contribution in [2.24, 2.45) is 35.5 Å². The van der Waals surface area contributed by atoms with Crippen LogP contribution in [0.2, 0.25) is 0 Å². The van der Waals surface area contributed by atoms with E-state index in [2.05, 4.69) is 20.8 Å². The molecule has 0 aliphatic heterocycles. The normalized spacial score (nSPS) is 55.7. The van der Waals surface area contributed by atoms with Crippen molar-refractivity contribution in [1.29, 1.82) is 0 Å². The summed E-state index contributed by atoms with van der Waals surface area (Å²) in [7, 11) is 0. The predicted molar refractivity (Wildman–Crippen MR) is 66.0 cm³/mol. The van der Waals surface area contributed by atoms with E-state index < -0.39 is 0 Å². The van der Waals surface area contributed by atoms with Gasteiger partial charge < -0.3 is 5.11 Å². The lowest BCUT2D eigenvalue weighted by Gasteiger charge is -2.40. The van der Waals surface area contributed by atoms with E-state index >= 15 is 0 Å². The van der Waals surface area contributed by atoms with Gasteiger partial charge in [0.05, 0.1) is 5.60 Å². The average Bonchev–Trinajstić information content (AvgIpc) is 2.65. The highest BCUT2D eigenvalue weighted by Crippen LogP contribution is 2.63. The summed E-state index contributed by atoms with van der Waals surface area (Å²) < 4.78 is 0. The predicted octanol–water partition coefficient (Wildman–Crippen LogP) is 3.47. The maximum absolute atomic E-state index is 11.2. The van der Waals surface area contributed by atoms with Crippen molar-refractivity contribution in [3.8, 4) is 0 Å². The monoisotopic (exact) mass is 222 g/mol. The van der Waals surface area contributed by atoms with Gasteiger partial charge >= 0.3 is 0 Å². The van der Waals surface area contributed by atoms with Crippen molar-refractivity contribution < 1.29 is 5.11 Å². The van der Waals surface area contributed by atoms with E-state index in [1.54, 1.807) is 0 Å². The fraction of sp³-hybridized carbons (Fsp3) is 1.00. The van der Waals surface area contributed by atoms with Gasteiger partial charge in [-0.15, -0.1) is 0 Å². The molecule has 1 heteroatoms. The molecule has 3 saturated carbocycles. The van der Waals surface area contributed by atoms with Crippen LogP contribution in [0.5, 0.6) is 0 Å². The van der Waals surface area contributed by atoms with Gasteiger partial charge in [0, 0.05) is 0 Å². The number of aliphatic hydroxyl groups is 1. The Kier molecular flexibility index (Phi) is 2.41. The molecule has 92 valence electrons.